The minimum Gasteiger partial charge on any atom is -0.361 e. The van der Waals surface area contributed by atoms with Crippen molar-refractivity contribution in [3.05, 3.63) is 35.5 Å². The van der Waals surface area contributed by atoms with Gasteiger partial charge in [-0.1, -0.05) is 13.0 Å². The van der Waals surface area contributed by atoms with Gasteiger partial charge in [0.2, 0.25) is 0 Å². The summed E-state index contributed by atoms with van der Waals surface area (Å²) in [7, 11) is 0. The van der Waals surface area contributed by atoms with Crippen molar-refractivity contribution < 1.29 is 0 Å². The van der Waals surface area contributed by atoms with E-state index in [1.54, 1.807) is 0 Å². The number of nitrogens with zero attached hydrogens (tertiary/aromatic N) is 1. The fourth-order valence-electron chi connectivity index (χ4n) is 3.00. The van der Waals surface area contributed by atoms with E-state index in [4.69, 9.17) is 5.26 Å². The van der Waals surface area contributed by atoms with Crippen LogP contribution in [0.5, 0.6) is 0 Å². The smallest absolute Gasteiger partial charge is 0.0992 e. The first-order chi connectivity index (χ1) is 8.79. The molecule has 0 radical (unpaired) electrons. The van der Waals surface area contributed by atoms with Crippen molar-refractivity contribution in [2.45, 2.75) is 19.3 Å². The molecular weight excluding hydrogens is 222 g/mol. The number of nitriles is 1. The quantitative estimate of drug-likeness (QED) is 0.804. The number of H-pyrrole nitrogens is 1. The fraction of sp³-hybridized carbons (Fsp3) is 0.400. The lowest BCUT2D eigenvalue weighted by Crippen LogP contribution is -2.33. The number of piperidine rings is 1. The summed E-state index contributed by atoms with van der Waals surface area (Å²) in [5.74, 6) is 1.28. The number of hydrogen-bond donors (Lipinski definition) is 2. The molecule has 0 aliphatic carbocycles. The lowest BCUT2D eigenvalue weighted by molar-refractivity contribution is 0.351. The van der Waals surface area contributed by atoms with Crippen molar-refractivity contribution >= 4 is 10.9 Å². The van der Waals surface area contributed by atoms with Crippen LogP contribution in [0.25, 0.3) is 10.9 Å². The molecule has 1 aromatic heterocycles. The SMILES string of the molecule is CC1CNCCC1c1c[nH]c2cc(C#N)ccc12. The summed E-state index contributed by atoms with van der Waals surface area (Å²) in [4.78, 5) is 3.31. The second-order valence-corrected chi connectivity index (χ2v) is 5.19. The predicted octanol–water partition coefficient (Wildman–Crippen LogP) is 2.75. The van der Waals surface area contributed by atoms with Crippen LogP contribution >= 0.6 is 0 Å². The minimum atomic E-state index is 0.618. The highest BCUT2D eigenvalue weighted by atomic mass is 14.9. The van der Waals surface area contributed by atoms with E-state index in [9.17, 15) is 0 Å². The second-order valence-electron chi connectivity index (χ2n) is 5.19. The first kappa shape index (κ1) is 11.3. The van der Waals surface area contributed by atoms with Gasteiger partial charge in [-0.25, -0.2) is 0 Å². The van der Waals surface area contributed by atoms with Crippen LogP contribution in [0.4, 0.5) is 0 Å². The summed E-state index contributed by atoms with van der Waals surface area (Å²) in [6.07, 6.45) is 3.31. The molecule has 2 N–H and O–H groups in total. The molecule has 1 aliphatic heterocycles. The normalized spacial score (nSPS) is 24.0. The molecule has 92 valence electrons. The Morgan fingerprint density at radius 3 is 3.06 bits per heavy atom. The molecule has 0 bridgehead atoms. The van der Waals surface area contributed by atoms with Crippen molar-refractivity contribution in [3.63, 3.8) is 0 Å². The molecular formula is C15H17N3. The monoisotopic (exact) mass is 239 g/mol. The largest absolute Gasteiger partial charge is 0.361 e. The van der Waals surface area contributed by atoms with Crippen LogP contribution < -0.4 is 5.32 Å². The molecule has 3 heteroatoms. The fourth-order valence-corrected chi connectivity index (χ4v) is 3.00. The molecule has 1 fully saturated rings. The van der Waals surface area contributed by atoms with Gasteiger partial charge in [0.05, 0.1) is 11.6 Å². The van der Waals surface area contributed by atoms with Crippen molar-refractivity contribution in [2.75, 3.05) is 13.1 Å². The van der Waals surface area contributed by atoms with Crippen molar-refractivity contribution in [1.82, 2.24) is 10.3 Å². The van der Waals surface area contributed by atoms with E-state index in [2.05, 4.69) is 35.6 Å². The van der Waals surface area contributed by atoms with E-state index in [0.717, 1.165) is 18.6 Å². The maximum Gasteiger partial charge on any atom is 0.0992 e. The van der Waals surface area contributed by atoms with E-state index in [1.165, 1.54) is 17.4 Å². The standard InChI is InChI=1S/C15H17N3/c1-10-8-17-5-4-12(10)14-9-18-15-6-11(7-16)2-3-13(14)15/h2-3,6,9-10,12,17-18H,4-5,8H2,1H3. The predicted molar refractivity (Wildman–Crippen MR) is 72.4 cm³/mol. The van der Waals surface area contributed by atoms with E-state index in [0.29, 0.717) is 17.4 Å². The van der Waals surface area contributed by atoms with Crippen molar-refractivity contribution in [1.29, 1.82) is 5.26 Å². The second kappa shape index (κ2) is 4.47. The number of hydrogen-bond acceptors (Lipinski definition) is 2. The topological polar surface area (TPSA) is 51.6 Å². The molecule has 1 aromatic carbocycles. The van der Waals surface area contributed by atoms with E-state index >= 15 is 0 Å². The third-order valence-electron chi connectivity index (χ3n) is 4.03. The first-order valence-electron chi connectivity index (χ1n) is 6.51. The molecule has 0 spiro atoms. The first-order valence-corrected chi connectivity index (χ1v) is 6.51. The number of rotatable bonds is 1. The Kier molecular flexibility index (Phi) is 2.81. The summed E-state index contributed by atoms with van der Waals surface area (Å²) in [6.45, 7) is 4.49. The Morgan fingerprint density at radius 2 is 2.28 bits per heavy atom. The van der Waals surface area contributed by atoms with E-state index in [1.807, 2.05) is 12.1 Å². The van der Waals surface area contributed by atoms with Crippen LogP contribution in [-0.2, 0) is 0 Å². The average Bonchev–Trinajstić information content (AvgIpc) is 2.82. The van der Waals surface area contributed by atoms with Gasteiger partial charge < -0.3 is 10.3 Å². The molecule has 3 rings (SSSR count). The molecule has 2 heterocycles. The maximum atomic E-state index is 8.92. The van der Waals surface area contributed by atoms with E-state index in [-0.39, 0.29) is 0 Å². The molecule has 3 nitrogen and oxygen atoms in total. The van der Waals surface area contributed by atoms with Gasteiger partial charge >= 0.3 is 0 Å². The Bertz CT molecular complexity index is 606. The average molecular weight is 239 g/mol. The Labute approximate surface area is 107 Å². The van der Waals surface area contributed by atoms with Crippen LogP contribution in [0.2, 0.25) is 0 Å². The third kappa shape index (κ3) is 1.79. The molecule has 18 heavy (non-hydrogen) atoms. The summed E-state index contributed by atoms with van der Waals surface area (Å²) in [5.41, 5.74) is 3.20. The summed E-state index contributed by atoms with van der Waals surface area (Å²) < 4.78 is 0. The highest BCUT2D eigenvalue weighted by molar-refractivity contribution is 5.85. The number of benzene rings is 1. The van der Waals surface area contributed by atoms with Crippen molar-refractivity contribution in [2.24, 2.45) is 5.92 Å². The highest BCUT2D eigenvalue weighted by Crippen LogP contribution is 2.34. The number of aromatic amines is 1. The van der Waals surface area contributed by atoms with Gasteiger partial charge in [-0.05, 0) is 49.0 Å². The maximum absolute atomic E-state index is 8.92. The number of nitrogens with one attached hydrogen (secondary N) is 2. The van der Waals surface area contributed by atoms with E-state index < -0.39 is 0 Å². The Morgan fingerprint density at radius 1 is 1.39 bits per heavy atom. The molecule has 0 amide bonds. The van der Waals surface area contributed by atoms with Crippen LogP contribution in [-0.4, -0.2) is 18.1 Å². The zero-order valence-corrected chi connectivity index (χ0v) is 10.5. The third-order valence-corrected chi connectivity index (χ3v) is 4.03. The molecule has 1 saturated heterocycles. The summed E-state index contributed by atoms with van der Waals surface area (Å²) >= 11 is 0. The molecule has 0 saturated carbocycles. The molecule has 1 aliphatic rings. The van der Waals surface area contributed by atoms with Gasteiger partial charge in [0.25, 0.3) is 0 Å². The summed E-state index contributed by atoms with van der Waals surface area (Å²) in [6, 6.07) is 8.11. The lowest BCUT2D eigenvalue weighted by Gasteiger charge is -2.29. The van der Waals surface area contributed by atoms with Crippen molar-refractivity contribution in [3.8, 4) is 6.07 Å². The number of fused-ring (bicyclic) bond motifs is 1. The van der Waals surface area contributed by atoms with Gasteiger partial charge in [-0.15, -0.1) is 0 Å². The van der Waals surface area contributed by atoms with Crippen LogP contribution in [0.1, 0.15) is 30.4 Å². The lowest BCUT2D eigenvalue weighted by atomic mass is 9.82. The molecule has 2 atom stereocenters. The van der Waals surface area contributed by atoms with Crippen LogP contribution in [0, 0.1) is 17.2 Å². The van der Waals surface area contributed by atoms with Crippen LogP contribution in [0.3, 0.4) is 0 Å². The van der Waals surface area contributed by atoms with Gasteiger partial charge in [-0.2, -0.15) is 5.26 Å². The summed E-state index contributed by atoms with van der Waals surface area (Å²) in [5, 5.41) is 13.6. The minimum absolute atomic E-state index is 0.618. The van der Waals surface area contributed by atoms with Gasteiger partial charge in [0.1, 0.15) is 0 Å². The zero-order valence-electron chi connectivity index (χ0n) is 10.5. The van der Waals surface area contributed by atoms with Gasteiger partial charge in [0, 0.05) is 17.1 Å². The highest BCUT2D eigenvalue weighted by Gasteiger charge is 2.24. The molecule has 2 aromatic rings. The van der Waals surface area contributed by atoms with Gasteiger partial charge in [0.15, 0.2) is 0 Å². The molecule has 2 unspecified atom stereocenters. The van der Waals surface area contributed by atoms with Gasteiger partial charge in [-0.3, -0.25) is 0 Å². The Hall–Kier alpha value is -1.79. The van der Waals surface area contributed by atoms with Crippen LogP contribution in [0.15, 0.2) is 24.4 Å². The zero-order chi connectivity index (χ0) is 12.5. The number of aromatic nitrogens is 1. The Balaban J connectivity index is 2.05.